The third kappa shape index (κ3) is 1.83. The van der Waals surface area contributed by atoms with Gasteiger partial charge in [-0.15, -0.1) is 0 Å². The van der Waals surface area contributed by atoms with Crippen LogP contribution in [0.15, 0.2) is 48.5 Å². The summed E-state index contributed by atoms with van der Waals surface area (Å²) in [6.07, 6.45) is -0.735. The summed E-state index contributed by atoms with van der Waals surface area (Å²) < 4.78 is 32.4. The first kappa shape index (κ1) is 10.4. The van der Waals surface area contributed by atoms with E-state index in [-0.39, 0.29) is 23.8 Å². The van der Waals surface area contributed by atoms with Gasteiger partial charge in [0.1, 0.15) is 23.8 Å². The second-order valence-corrected chi connectivity index (χ2v) is 4.02. The van der Waals surface area contributed by atoms with Gasteiger partial charge in [0.15, 0.2) is 0 Å². The Morgan fingerprint density at radius 3 is 1.53 bits per heavy atom. The minimum absolute atomic E-state index is 0.309. The van der Waals surface area contributed by atoms with Crippen LogP contribution in [-0.4, -0.2) is 0 Å². The largest absolute Gasteiger partial charge is 0.359 e. The molecule has 1 heterocycles. The zero-order valence-corrected chi connectivity index (χ0v) is 8.94. The van der Waals surface area contributed by atoms with Crippen LogP contribution in [0.25, 0.3) is 0 Å². The van der Waals surface area contributed by atoms with Crippen LogP contribution in [0.5, 0.6) is 0 Å². The predicted octanol–water partition coefficient (Wildman–Crippen LogP) is 3.78. The molecule has 0 saturated carbocycles. The molecule has 0 radical (unpaired) electrons. The molecule has 0 N–H and O–H groups in total. The highest BCUT2D eigenvalue weighted by Crippen LogP contribution is 2.51. The molecule has 1 saturated heterocycles. The third-order valence-corrected chi connectivity index (χ3v) is 2.92. The highest BCUT2D eigenvalue weighted by Gasteiger charge is 2.44. The Morgan fingerprint density at radius 1 is 0.706 bits per heavy atom. The van der Waals surface area contributed by atoms with Gasteiger partial charge in [0.25, 0.3) is 0 Å². The van der Waals surface area contributed by atoms with E-state index in [4.69, 9.17) is 4.74 Å². The van der Waals surface area contributed by atoms with Crippen molar-refractivity contribution < 1.29 is 13.5 Å². The van der Waals surface area contributed by atoms with E-state index < -0.39 is 0 Å². The lowest BCUT2D eigenvalue weighted by Gasteiger charge is -1.99. The minimum Gasteiger partial charge on any atom is -0.359 e. The molecule has 3 heteroatoms. The van der Waals surface area contributed by atoms with Gasteiger partial charge in [-0.05, 0) is 12.1 Å². The molecular formula is C14H10F2O. The first-order valence-corrected chi connectivity index (χ1v) is 5.41. The number of hydrogen-bond donors (Lipinski definition) is 0. The SMILES string of the molecule is Fc1ccccc1[C@H]1O[C@H]1c1ccccc1F. The van der Waals surface area contributed by atoms with Crippen LogP contribution in [0, 0.1) is 11.6 Å². The van der Waals surface area contributed by atoms with Crippen molar-refractivity contribution in [1.29, 1.82) is 0 Å². The zero-order chi connectivity index (χ0) is 11.8. The maximum absolute atomic E-state index is 13.5. The van der Waals surface area contributed by atoms with Crippen molar-refractivity contribution in [2.24, 2.45) is 0 Å². The monoisotopic (exact) mass is 232 g/mol. The van der Waals surface area contributed by atoms with Gasteiger partial charge in [0.05, 0.1) is 0 Å². The Labute approximate surface area is 97.7 Å². The molecule has 17 heavy (non-hydrogen) atoms. The molecular weight excluding hydrogens is 222 g/mol. The van der Waals surface area contributed by atoms with Crippen LogP contribution in [0.1, 0.15) is 23.3 Å². The topological polar surface area (TPSA) is 12.5 Å². The van der Waals surface area contributed by atoms with Gasteiger partial charge in [-0.1, -0.05) is 36.4 Å². The van der Waals surface area contributed by atoms with Crippen LogP contribution in [0.4, 0.5) is 8.78 Å². The van der Waals surface area contributed by atoms with Crippen LogP contribution >= 0.6 is 0 Å². The predicted molar refractivity (Wildman–Crippen MR) is 59.4 cm³/mol. The fraction of sp³-hybridized carbons (Fsp3) is 0.143. The quantitative estimate of drug-likeness (QED) is 0.718. The highest BCUT2D eigenvalue weighted by atomic mass is 19.1. The number of hydrogen-bond acceptors (Lipinski definition) is 1. The molecule has 2 aromatic rings. The second-order valence-electron chi connectivity index (χ2n) is 4.02. The molecule has 1 aliphatic heterocycles. The lowest BCUT2D eigenvalue weighted by molar-refractivity contribution is 0.369. The fourth-order valence-corrected chi connectivity index (χ4v) is 2.00. The first-order chi connectivity index (χ1) is 8.27. The standard InChI is InChI=1S/C14H10F2O/c15-11-7-3-1-5-9(11)13-14(17-13)10-6-2-4-8-12(10)16/h1-8,13-14H/t13-,14+. The van der Waals surface area contributed by atoms with Gasteiger partial charge in [-0.2, -0.15) is 0 Å². The maximum Gasteiger partial charge on any atom is 0.129 e. The van der Waals surface area contributed by atoms with E-state index in [2.05, 4.69) is 0 Å². The molecule has 0 unspecified atom stereocenters. The maximum atomic E-state index is 13.5. The van der Waals surface area contributed by atoms with E-state index >= 15 is 0 Å². The van der Waals surface area contributed by atoms with Gasteiger partial charge in [0.2, 0.25) is 0 Å². The van der Waals surface area contributed by atoms with Crippen molar-refractivity contribution in [3.05, 3.63) is 71.3 Å². The molecule has 2 aromatic carbocycles. The van der Waals surface area contributed by atoms with Crippen molar-refractivity contribution >= 4 is 0 Å². The number of benzene rings is 2. The van der Waals surface area contributed by atoms with Crippen LogP contribution < -0.4 is 0 Å². The average molecular weight is 232 g/mol. The Morgan fingerprint density at radius 2 is 1.12 bits per heavy atom. The Hall–Kier alpha value is -1.74. The number of rotatable bonds is 2. The Balaban J connectivity index is 1.89. The highest BCUT2D eigenvalue weighted by molar-refractivity contribution is 5.31. The van der Waals surface area contributed by atoms with Gasteiger partial charge in [0, 0.05) is 11.1 Å². The zero-order valence-electron chi connectivity index (χ0n) is 8.94. The third-order valence-electron chi connectivity index (χ3n) is 2.92. The lowest BCUT2D eigenvalue weighted by atomic mass is 10.0. The van der Waals surface area contributed by atoms with Gasteiger partial charge in [-0.3, -0.25) is 0 Å². The summed E-state index contributed by atoms with van der Waals surface area (Å²) in [5.74, 6) is -0.618. The van der Waals surface area contributed by atoms with E-state index in [1.807, 2.05) is 0 Å². The van der Waals surface area contributed by atoms with Crippen LogP contribution in [-0.2, 0) is 4.74 Å². The minimum atomic E-state index is -0.368. The molecule has 0 aromatic heterocycles. The normalized spacial score (nSPS) is 22.5. The van der Waals surface area contributed by atoms with E-state index in [1.165, 1.54) is 12.1 Å². The van der Waals surface area contributed by atoms with E-state index in [0.29, 0.717) is 11.1 Å². The van der Waals surface area contributed by atoms with Crippen molar-refractivity contribution in [2.75, 3.05) is 0 Å². The molecule has 3 rings (SSSR count). The molecule has 0 aliphatic carbocycles. The second kappa shape index (κ2) is 3.93. The van der Waals surface area contributed by atoms with E-state index in [9.17, 15) is 8.78 Å². The van der Waals surface area contributed by atoms with Crippen molar-refractivity contribution in [3.8, 4) is 0 Å². The van der Waals surface area contributed by atoms with Crippen molar-refractivity contribution in [3.63, 3.8) is 0 Å². The smallest absolute Gasteiger partial charge is 0.129 e. The molecule has 2 atom stereocenters. The summed E-state index contributed by atoms with van der Waals surface area (Å²) in [5.41, 5.74) is 0.974. The Kier molecular flexibility index (Phi) is 2.41. The van der Waals surface area contributed by atoms with Gasteiger partial charge in [-0.25, -0.2) is 8.78 Å². The summed E-state index contributed by atoms with van der Waals surface area (Å²) in [5, 5.41) is 0. The first-order valence-electron chi connectivity index (χ1n) is 5.41. The molecule has 0 amide bonds. The van der Waals surface area contributed by atoms with Crippen LogP contribution in [0.3, 0.4) is 0 Å². The number of epoxide rings is 1. The van der Waals surface area contributed by atoms with Crippen molar-refractivity contribution in [2.45, 2.75) is 12.2 Å². The summed E-state index contributed by atoms with van der Waals surface area (Å²) in [4.78, 5) is 0. The number of halogens is 2. The van der Waals surface area contributed by atoms with Gasteiger partial charge < -0.3 is 4.74 Å². The molecule has 0 bridgehead atoms. The lowest BCUT2D eigenvalue weighted by Crippen LogP contribution is -1.91. The summed E-state index contributed by atoms with van der Waals surface area (Å²) >= 11 is 0. The molecule has 86 valence electrons. The average Bonchev–Trinajstić information content (AvgIpc) is 3.10. The molecule has 1 fully saturated rings. The fourth-order valence-electron chi connectivity index (χ4n) is 2.00. The summed E-state index contributed by atoms with van der Waals surface area (Å²) in [7, 11) is 0. The van der Waals surface area contributed by atoms with Gasteiger partial charge >= 0.3 is 0 Å². The molecule has 1 aliphatic rings. The summed E-state index contributed by atoms with van der Waals surface area (Å²) in [6.45, 7) is 0. The summed E-state index contributed by atoms with van der Waals surface area (Å²) in [6, 6.07) is 12.8. The van der Waals surface area contributed by atoms with Crippen molar-refractivity contribution in [1.82, 2.24) is 0 Å². The molecule has 0 spiro atoms. The molecule has 1 nitrogen and oxygen atoms in total. The number of ether oxygens (including phenoxy) is 1. The van der Waals surface area contributed by atoms with E-state index in [1.54, 1.807) is 36.4 Å². The van der Waals surface area contributed by atoms with Crippen LogP contribution in [0.2, 0.25) is 0 Å². The Bertz CT molecular complexity index is 504. The van der Waals surface area contributed by atoms with E-state index in [0.717, 1.165) is 0 Å².